The van der Waals surface area contributed by atoms with Crippen LogP contribution in [0.25, 0.3) is 0 Å². The van der Waals surface area contributed by atoms with Crippen LogP contribution in [-0.4, -0.2) is 56.6 Å². The molecule has 0 fully saturated rings. The Bertz CT molecular complexity index is 1400. The topological polar surface area (TPSA) is 96.0 Å². The molecule has 41 heavy (non-hydrogen) atoms. The van der Waals surface area contributed by atoms with Crippen LogP contribution in [0.5, 0.6) is 5.75 Å². The fourth-order valence-electron chi connectivity index (χ4n) is 4.32. The van der Waals surface area contributed by atoms with Crippen molar-refractivity contribution < 1.29 is 22.7 Å². The Kier molecular flexibility index (Phi) is 11.8. The van der Waals surface area contributed by atoms with E-state index >= 15 is 0 Å². The van der Waals surface area contributed by atoms with Crippen molar-refractivity contribution in [3.05, 3.63) is 94.5 Å². The molecule has 2 amide bonds. The van der Waals surface area contributed by atoms with Crippen molar-refractivity contribution >= 4 is 43.5 Å². The molecule has 0 heterocycles. The van der Waals surface area contributed by atoms with E-state index in [4.69, 9.17) is 4.74 Å². The second-order valence-corrected chi connectivity index (χ2v) is 12.7. The lowest BCUT2D eigenvalue weighted by molar-refractivity contribution is -0.140. The maximum absolute atomic E-state index is 14.1. The molecule has 3 aromatic carbocycles. The number of nitrogens with one attached hydrogen (secondary N) is 1. The van der Waals surface area contributed by atoms with Crippen LogP contribution < -0.4 is 14.4 Å². The Balaban J connectivity index is 2.04. The number of anilines is 1. The van der Waals surface area contributed by atoms with Crippen molar-refractivity contribution in [2.75, 3.05) is 23.7 Å². The number of nitrogens with zero attached hydrogens (tertiary/aromatic N) is 2. The van der Waals surface area contributed by atoms with Crippen molar-refractivity contribution in [3.8, 4) is 5.75 Å². The standard InChI is InChI=1S/C31H38BrN3O5S/c1-5-23(3)33-31(37)29(20-24-11-8-7-9-12-24)34(21-25-13-10-14-26(32)19-25)30(36)22-35(41(4,38)39)27-15-17-28(18-16-27)40-6-2/h7-19,23,29H,5-6,20-22H2,1-4H3,(H,33,37)/t23-,29+/m1/s1. The monoisotopic (exact) mass is 643 g/mol. The van der Waals surface area contributed by atoms with E-state index in [2.05, 4.69) is 21.2 Å². The van der Waals surface area contributed by atoms with Crippen LogP contribution in [0.2, 0.25) is 0 Å². The molecule has 220 valence electrons. The van der Waals surface area contributed by atoms with E-state index in [1.165, 1.54) is 4.90 Å². The molecule has 10 heteroatoms. The predicted molar refractivity (Wildman–Crippen MR) is 166 cm³/mol. The van der Waals surface area contributed by atoms with Gasteiger partial charge in [0.2, 0.25) is 21.8 Å². The number of halogens is 1. The summed E-state index contributed by atoms with van der Waals surface area (Å²) >= 11 is 3.48. The zero-order valence-corrected chi connectivity index (χ0v) is 26.3. The van der Waals surface area contributed by atoms with Gasteiger partial charge in [-0.1, -0.05) is 65.3 Å². The summed E-state index contributed by atoms with van der Waals surface area (Å²) in [6.45, 7) is 5.86. The fourth-order valence-corrected chi connectivity index (χ4v) is 5.61. The number of carbonyl (C=O) groups excluding carboxylic acids is 2. The first-order chi connectivity index (χ1) is 19.5. The van der Waals surface area contributed by atoms with Crippen LogP contribution in [-0.2, 0) is 32.6 Å². The van der Waals surface area contributed by atoms with Gasteiger partial charge in [-0.25, -0.2) is 8.42 Å². The van der Waals surface area contributed by atoms with E-state index in [0.29, 0.717) is 18.0 Å². The quantitative estimate of drug-likeness (QED) is 0.262. The van der Waals surface area contributed by atoms with E-state index < -0.39 is 28.5 Å². The molecule has 0 saturated carbocycles. The maximum atomic E-state index is 14.1. The fraction of sp³-hybridized carbons (Fsp3) is 0.355. The van der Waals surface area contributed by atoms with Gasteiger partial charge >= 0.3 is 0 Å². The summed E-state index contributed by atoms with van der Waals surface area (Å²) in [6, 6.07) is 22.5. The molecule has 1 N–H and O–H groups in total. The van der Waals surface area contributed by atoms with Crippen LogP contribution in [0.4, 0.5) is 5.69 Å². The summed E-state index contributed by atoms with van der Waals surface area (Å²) in [6.07, 6.45) is 2.06. The Hall–Kier alpha value is -3.37. The molecule has 0 aliphatic heterocycles. The highest BCUT2D eigenvalue weighted by Crippen LogP contribution is 2.24. The number of ether oxygens (including phenoxy) is 1. The van der Waals surface area contributed by atoms with Crippen LogP contribution >= 0.6 is 15.9 Å². The Morgan fingerprint density at radius 3 is 2.20 bits per heavy atom. The van der Waals surface area contributed by atoms with Gasteiger partial charge in [0.1, 0.15) is 18.3 Å². The summed E-state index contributed by atoms with van der Waals surface area (Å²) in [5.41, 5.74) is 2.01. The minimum Gasteiger partial charge on any atom is -0.494 e. The number of hydrogen-bond acceptors (Lipinski definition) is 5. The maximum Gasteiger partial charge on any atom is 0.244 e. The first kappa shape index (κ1) is 32.1. The first-order valence-electron chi connectivity index (χ1n) is 13.6. The van der Waals surface area contributed by atoms with Crippen LogP contribution in [0, 0.1) is 0 Å². The molecular formula is C31H38BrN3O5S. The number of carbonyl (C=O) groups is 2. The molecule has 8 nitrogen and oxygen atoms in total. The van der Waals surface area contributed by atoms with Gasteiger partial charge in [0.25, 0.3) is 0 Å². The molecule has 0 unspecified atom stereocenters. The number of hydrogen-bond donors (Lipinski definition) is 1. The molecular weight excluding hydrogens is 606 g/mol. The number of rotatable bonds is 14. The van der Waals surface area contributed by atoms with Gasteiger partial charge in [0.05, 0.1) is 18.6 Å². The summed E-state index contributed by atoms with van der Waals surface area (Å²) < 4.78 is 33.2. The third-order valence-electron chi connectivity index (χ3n) is 6.63. The van der Waals surface area contributed by atoms with E-state index in [1.807, 2.05) is 75.4 Å². The van der Waals surface area contributed by atoms with Gasteiger partial charge < -0.3 is 15.0 Å². The minimum absolute atomic E-state index is 0.0973. The molecule has 2 atom stereocenters. The average Bonchev–Trinajstić information content (AvgIpc) is 2.94. The van der Waals surface area contributed by atoms with Gasteiger partial charge in [-0.05, 0) is 67.8 Å². The zero-order valence-electron chi connectivity index (χ0n) is 23.9. The third kappa shape index (κ3) is 9.60. The average molecular weight is 645 g/mol. The van der Waals surface area contributed by atoms with Crippen molar-refractivity contribution in [3.63, 3.8) is 0 Å². The summed E-state index contributed by atoms with van der Waals surface area (Å²) in [5, 5.41) is 3.03. The predicted octanol–water partition coefficient (Wildman–Crippen LogP) is 5.17. The Morgan fingerprint density at radius 1 is 0.951 bits per heavy atom. The van der Waals surface area contributed by atoms with Crippen molar-refractivity contribution in [2.45, 2.75) is 52.2 Å². The van der Waals surface area contributed by atoms with Crippen molar-refractivity contribution in [1.82, 2.24) is 10.2 Å². The van der Waals surface area contributed by atoms with E-state index in [9.17, 15) is 18.0 Å². The third-order valence-corrected chi connectivity index (χ3v) is 8.26. The van der Waals surface area contributed by atoms with Gasteiger partial charge in [-0.3, -0.25) is 13.9 Å². The van der Waals surface area contributed by atoms with E-state index in [0.717, 1.165) is 32.6 Å². The second-order valence-electron chi connectivity index (χ2n) is 9.87. The molecule has 0 aliphatic rings. The molecule has 0 aromatic heterocycles. The number of amides is 2. The van der Waals surface area contributed by atoms with Crippen LogP contribution in [0.15, 0.2) is 83.3 Å². The Labute approximate surface area is 251 Å². The van der Waals surface area contributed by atoms with Gasteiger partial charge in [-0.2, -0.15) is 0 Å². The largest absolute Gasteiger partial charge is 0.494 e. The van der Waals surface area contributed by atoms with Gasteiger partial charge in [0, 0.05) is 23.5 Å². The summed E-state index contributed by atoms with van der Waals surface area (Å²) in [5.74, 6) is -0.194. The SMILES string of the molecule is CCOc1ccc(N(CC(=O)N(Cc2cccc(Br)c2)[C@@H](Cc2ccccc2)C(=O)N[C@H](C)CC)S(C)(=O)=O)cc1. The second kappa shape index (κ2) is 15.0. The summed E-state index contributed by atoms with van der Waals surface area (Å²) in [4.78, 5) is 29.3. The highest BCUT2D eigenvalue weighted by Gasteiger charge is 2.33. The van der Waals surface area contributed by atoms with Crippen LogP contribution in [0.1, 0.15) is 38.3 Å². The zero-order chi connectivity index (χ0) is 30.0. The smallest absolute Gasteiger partial charge is 0.244 e. The molecule has 0 radical (unpaired) electrons. The first-order valence-corrected chi connectivity index (χ1v) is 16.2. The van der Waals surface area contributed by atoms with E-state index in [1.54, 1.807) is 24.3 Å². The molecule has 0 aliphatic carbocycles. The van der Waals surface area contributed by atoms with E-state index in [-0.39, 0.29) is 24.9 Å². The normalized spacial score (nSPS) is 12.7. The Morgan fingerprint density at radius 2 is 1.61 bits per heavy atom. The molecule has 3 aromatic rings. The van der Waals surface area contributed by atoms with Crippen molar-refractivity contribution in [1.29, 1.82) is 0 Å². The summed E-state index contributed by atoms with van der Waals surface area (Å²) in [7, 11) is -3.84. The van der Waals surface area contributed by atoms with Gasteiger partial charge in [-0.15, -0.1) is 0 Å². The molecule has 0 bridgehead atoms. The molecule has 0 spiro atoms. The molecule has 0 saturated heterocycles. The number of benzene rings is 3. The lowest BCUT2D eigenvalue weighted by atomic mass is 10.0. The number of sulfonamides is 1. The lowest BCUT2D eigenvalue weighted by Crippen LogP contribution is -2.54. The molecule has 3 rings (SSSR count). The highest BCUT2D eigenvalue weighted by atomic mass is 79.9. The highest BCUT2D eigenvalue weighted by molar-refractivity contribution is 9.10. The minimum atomic E-state index is -3.84. The van der Waals surface area contributed by atoms with Crippen LogP contribution in [0.3, 0.4) is 0 Å². The van der Waals surface area contributed by atoms with Gasteiger partial charge in [0.15, 0.2) is 0 Å². The van der Waals surface area contributed by atoms with Crippen molar-refractivity contribution in [2.24, 2.45) is 0 Å². The lowest BCUT2D eigenvalue weighted by Gasteiger charge is -2.34.